The van der Waals surface area contributed by atoms with Gasteiger partial charge >= 0.3 is 0 Å². The highest BCUT2D eigenvalue weighted by Crippen LogP contribution is 2.54. The molecule has 0 amide bonds. The van der Waals surface area contributed by atoms with Gasteiger partial charge in [-0.1, -0.05) is 19.1 Å². The van der Waals surface area contributed by atoms with E-state index in [9.17, 15) is 9.90 Å². The Morgan fingerprint density at radius 2 is 2.19 bits per heavy atom. The smallest absolute Gasteiger partial charge is 0.135 e. The van der Waals surface area contributed by atoms with E-state index < -0.39 is 5.60 Å². The lowest BCUT2D eigenvalue weighted by molar-refractivity contribution is -0.159. The SMILES string of the molecule is C=C(C)[C@@H]1CC[C@@]2(C)CCC(=O)C[C@]2(O)C1. The number of fused-ring (bicyclic) bond motifs is 1. The highest BCUT2D eigenvalue weighted by Gasteiger charge is 2.53. The van der Waals surface area contributed by atoms with E-state index in [-0.39, 0.29) is 11.2 Å². The largest absolute Gasteiger partial charge is 0.389 e. The number of carbonyl (C=O) groups excluding carboxylic acids is 1. The molecule has 0 aliphatic heterocycles. The number of carbonyl (C=O) groups is 1. The van der Waals surface area contributed by atoms with Gasteiger partial charge in [0.1, 0.15) is 5.78 Å². The molecule has 2 fully saturated rings. The van der Waals surface area contributed by atoms with Crippen LogP contribution in [0.5, 0.6) is 0 Å². The summed E-state index contributed by atoms with van der Waals surface area (Å²) in [5, 5.41) is 10.8. The lowest BCUT2D eigenvalue weighted by Gasteiger charge is -2.53. The van der Waals surface area contributed by atoms with Gasteiger partial charge in [0.15, 0.2) is 0 Å². The van der Waals surface area contributed by atoms with Crippen LogP contribution in [-0.4, -0.2) is 16.5 Å². The molecule has 90 valence electrons. The van der Waals surface area contributed by atoms with E-state index in [4.69, 9.17) is 0 Å². The maximum atomic E-state index is 11.6. The summed E-state index contributed by atoms with van der Waals surface area (Å²) in [6.07, 6.45) is 4.72. The summed E-state index contributed by atoms with van der Waals surface area (Å²) in [5.74, 6) is 0.617. The molecule has 3 atom stereocenters. The molecule has 16 heavy (non-hydrogen) atoms. The van der Waals surface area contributed by atoms with E-state index in [1.807, 2.05) is 6.92 Å². The lowest BCUT2D eigenvalue weighted by atomic mass is 9.54. The van der Waals surface area contributed by atoms with Gasteiger partial charge in [-0.3, -0.25) is 4.79 Å². The molecule has 2 aliphatic rings. The predicted octanol–water partition coefficient (Wildman–Crippen LogP) is 2.85. The fraction of sp³-hybridized carbons (Fsp3) is 0.786. The highest BCUT2D eigenvalue weighted by atomic mass is 16.3. The van der Waals surface area contributed by atoms with Crippen molar-refractivity contribution in [2.45, 2.75) is 58.0 Å². The second kappa shape index (κ2) is 3.69. The van der Waals surface area contributed by atoms with E-state index in [2.05, 4.69) is 13.5 Å². The van der Waals surface area contributed by atoms with Crippen LogP contribution >= 0.6 is 0 Å². The van der Waals surface area contributed by atoms with Gasteiger partial charge in [-0.25, -0.2) is 0 Å². The Kier molecular flexibility index (Phi) is 2.73. The summed E-state index contributed by atoms with van der Waals surface area (Å²) in [6.45, 7) is 8.17. The second-order valence-corrected chi connectivity index (χ2v) is 6.09. The van der Waals surface area contributed by atoms with Gasteiger partial charge in [0.2, 0.25) is 0 Å². The first-order chi connectivity index (χ1) is 7.36. The number of hydrogen-bond donors (Lipinski definition) is 1. The van der Waals surface area contributed by atoms with Crippen LogP contribution in [-0.2, 0) is 4.79 Å². The van der Waals surface area contributed by atoms with Crippen molar-refractivity contribution in [3.63, 3.8) is 0 Å². The van der Waals surface area contributed by atoms with E-state index >= 15 is 0 Å². The maximum Gasteiger partial charge on any atom is 0.135 e. The molecular formula is C14H22O2. The molecule has 0 aromatic rings. The summed E-state index contributed by atoms with van der Waals surface area (Å²) < 4.78 is 0. The molecule has 2 nitrogen and oxygen atoms in total. The Morgan fingerprint density at radius 1 is 1.50 bits per heavy atom. The van der Waals surface area contributed by atoms with E-state index in [1.54, 1.807) is 0 Å². The minimum Gasteiger partial charge on any atom is -0.389 e. The first-order valence-electron chi connectivity index (χ1n) is 6.26. The quantitative estimate of drug-likeness (QED) is 0.693. The summed E-state index contributed by atoms with van der Waals surface area (Å²) in [7, 11) is 0. The number of aliphatic hydroxyl groups is 1. The Bertz CT molecular complexity index is 334. The van der Waals surface area contributed by atoms with Crippen LogP contribution in [0.3, 0.4) is 0 Å². The van der Waals surface area contributed by atoms with Gasteiger partial charge in [-0.15, -0.1) is 0 Å². The molecule has 0 radical (unpaired) electrons. The fourth-order valence-corrected chi connectivity index (χ4v) is 3.38. The van der Waals surface area contributed by atoms with Gasteiger partial charge < -0.3 is 5.11 Å². The molecule has 0 bridgehead atoms. The Balaban J connectivity index is 2.23. The summed E-state index contributed by atoms with van der Waals surface area (Å²) in [4.78, 5) is 11.6. The standard InChI is InChI=1S/C14H22O2/c1-10(2)11-4-6-13(3)7-5-12(15)9-14(13,16)8-11/h11,16H,1,4-9H2,2-3H3/t11-,13+,14-/m1/s1. The minimum atomic E-state index is -0.774. The Labute approximate surface area is 97.7 Å². The topological polar surface area (TPSA) is 37.3 Å². The molecule has 2 rings (SSSR count). The monoisotopic (exact) mass is 222 g/mol. The number of hydrogen-bond acceptors (Lipinski definition) is 2. The number of Topliss-reactive ketones (excluding diaryl/α,β-unsaturated/α-hetero) is 1. The number of ketones is 1. The van der Waals surface area contributed by atoms with E-state index in [0.717, 1.165) is 31.3 Å². The summed E-state index contributed by atoms with van der Waals surface area (Å²) in [6, 6.07) is 0. The van der Waals surface area contributed by atoms with Gasteiger partial charge in [-0.2, -0.15) is 0 Å². The van der Waals surface area contributed by atoms with E-state index in [0.29, 0.717) is 18.8 Å². The van der Waals surface area contributed by atoms with Crippen molar-refractivity contribution in [1.82, 2.24) is 0 Å². The predicted molar refractivity (Wildman–Crippen MR) is 64.1 cm³/mol. The maximum absolute atomic E-state index is 11.6. The Hall–Kier alpha value is -0.630. The van der Waals surface area contributed by atoms with Gasteiger partial charge in [0.05, 0.1) is 5.60 Å². The molecule has 0 unspecified atom stereocenters. The number of rotatable bonds is 1. The highest BCUT2D eigenvalue weighted by molar-refractivity contribution is 5.80. The van der Waals surface area contributed by atoms with Gasteiger partial charge in [-0.05, 0) is 43.9 Å². The van der Waals surface area contributed by atoms with Crippen molar-refractivity contribution in [2.75, 3.05) is 0 Å². The molecule has 0 aromatic carbocycles. The zero-order valence-electron chi connectivity index (χ0n) is 10.4. The van der Waals surface area contributed by atoms with Crippen LogP contribution in [0.15, 0.2) is 12.2 Å². The van der Waals surface area contributed by atoms with Gasteiger partial charge in [0.25, 0.3) is 0 Å². The summed E-state index contributed by atoms with van der Waals surface area (Å²) in [5.41, 5.74) is 0.324. The molecule has 2 heteroatoms. The average Bonchev–Trinajstić information content (AvgIpc) is 2.18. The van der Waals surface area contributed by atoms with Crippen molar-refractivity contribution in [2.24, 2.45) is 11.3 Å². The number of allylic oxidation sites excluding steroid dienone is 1. The third kappa shape index (κ3) is 1.73. The molecule has 2 aliphatic carbocycles. The minimum absolute atomic E-state index is 0.0488. The van der Waals surface area contributed by atoms with Crippen LogP contribution in [0.1, 0.15) is 52.4 Å². The molecular weight excluding hydrogens is 200 g/mol. The molecule has 1 N–H and O–H groups in total. The molecule has 2 saturated carbocycles. The van der Waals surface area contributed by atoms with Crippen LogP contribution < -0.4 is 0 Å². The third-order valence-corrected chi connectivity index (χ3v) is 4.89. The Morgan fingerprint density at radius 3 is 2.81 bits per heavy atom. The normalized spacial score (nSPS) is 43.9. The van der Waals surface area contributed by atoms with Crippen LogP contribution in [0.25, 0.3) is 0 Å². The average molecular weight is 222 g/mol. The van der Waals surface area contributed by atoms with Crippen LogP contribution in [0.4, 0.5) is 0 Å². The van der Waals surface area contributed by atoms with Crippen LogP contribution in [0, 0.1) is 11.3 Å². The van der Waals surface area contributed by atoms with Crippen molar-refractivity contribution in [1.29, 1.82) is 0 Å². The molecule has 0 spiro atoms. The first-order valence-corrected chi connectivity index (χ1v) is 6.26. The van der Waals surface area contributed by atoms with Crippen molar-refractivity contribution >= 4 is 5.78 Å². The van der Waals surface area contributed by atoms with E-state index in [1.165, 1.54) is 0 Å². The third-order valence-electron chi connectivity index (χ3n) is 4.89. The molecule has 0 aromatic heterocycles. The molecule has 0 saturated heterocycles. The van der Waals surface area contributed by atoms with Crippen molar-refractivity contribution in [3.8, 4) is 0 Å². The molecule has 0 heterocycles. The summed E-state index contributed by atoms with van der Waals surface area (Å²) >= 11 is 0. The van der Waals surface area contributed by atoms with Crippen LogP contribution in [0.2, 0.25) is 0 Å². The zero-order valence-corrected chi connectivity index (χ0v) is 10.4. The lowest BCUT2D eigenvalue weighted by Crippen LogP contribution is -2.55. The van der Waals surface area contributed by atoms with Crippen molar-refractivity contribution < 1.29 is 9.90 Å². The fourth-order valence-electron chi connectivity index (χ4n) is 3.38. The first kappa shape index (κ1) is 11.8. The van der Waals surface area contributed by atoms with Crippen molar-refractivity contribution in [3.05, 3.63) is 12.2 Å². The second-order valence-electron chi connectivity index (χ2n) is 6.09. The van der Waals surface area contributed by atoms with Gasteiger partial charge in [0, 0.05) is 12.8 Å². The zero-order chi connectivity index (χ0) is 12.0.